The first-order valence-electron chi connectivity index (χ1n) is 19.0. The molecule has 0 amide bonds. The van der Waals surface area contributed by atoms with E-state index in [1.807, 2.05) is 0 Å². The number of nitrogens with zero attached hydrogens (tertiary/aromatic N) is 1. The highest BCUT2D eigenvalue weighted by molar-refractivity contribution is 6.35. The van der Waals surface area contributed by atoms with Crippen LogP contribution in [0.3, 0.4) is 0 Å². The first kappa shape index (κ1) is 30.1. The van der Waals surface area contributed by atoms with E-state index in [9.17, 15) is 0 Å². The molecular formula is C49H42ClN. The average molecular weight is 680 g/mol. The number of aromatic nitrogens is 1. The standard InChI is InChI=1S/C49H42ClN/c1-29-24-46-40(28-38(29)32-16-15-30-10-4-5-11-31(30)25-32)39-26-33(35-19-21-44(50)37-13-7-6-12-36(35)37)17-22-45(39)51(46)34-18-20-41-43(27-34)48(2,3)47-42-14-8-9-23-49(41,42)47/h5-9,11-16,18-21,23,25-29,42,47H,4,10,17,22,24H2,1-3H3. The zero-order valence-corrected chi connectivity index (χ0v) is 30.4. The summed E-state index contributed by atoms with van der Waals surface area (Å²) >= 11 is 6.71. The molecule has 1 heterocycles. The Morgan fingerprint density at radius 1 is 0.804 bits per heavy atom. The minimum Gasteiger partial charge on any atom is -0.317 e. The SMILES string of the molecule is CC1Cc2c(c3c(n2-c2ccc4c(c2)C(C)(C)C2C5C=CC=CC452)CCC(c2ccc(Cl)c4ccccc24)=C3)C=C1c1ccc2c(c1)C=CCC2. The second-order valence-corrected chi connectivity index (χ2v) is 17.0. The minimum absolute atomic E-state index is 0.131. The maximum absolute atomic E-state index is 6.71. The van der Waals surface area contributed by atoms with Gasteiger partial charge in [-0.1, -0.05) is 117 Å². The fourth-order valence-electron chi connectivity index (χ4n) is 11.3. The van der Waals surface area contributed by atoms with Crippen LogP contribution in [-0.4, -0.2) is 4.57 Å². The van der Waals surface area contributed by atoms with E-state index >= 15 is 0 Å². The number of aryl methyl sites for hydroxylation is 1. The van der Waals surface area contributed by atoms with E-state index in [4.69, 9.17) is 11.6 Å². The van der Waals surface area contributed by atoms with Crippen molar-refractivity contribution in [2.45, 2.75) is 63.7 Å². The zero-order valence-electron chi connectivity index (χ0n) is 29.6. The molecule has 4 unspecified atom stereocenters. The maximum Gasteiger partial charge on any atom is 0.0484 e. The van der Waals surface area contributed by atoms with Gasteiger partial charge in [0.1, 0.15) is 0 Å². The molecule has 1 aromatic heterocycles. The summed E-state index contributed by atoms with van der Waals surface area (Å²) in [6.45, 7) is 7.42. The average Bonchev–Trinajstić information content (AvgIpc) is 3.71. The third-order valence-electron chi connectivity index (χ3n) is 13.6. The van der Waals surface area contributed by atoms with Gasteiger partial charge in [-0.15, -0.1) is 0 Å². The normalized spacial score (nSPS) is 25.7. The van der Waals surface area contributed by atoms with Crippen LogP contribution < -0.4 is 0 Å². The lowest BCUT2D eigenvalue weighted by atomic mass is 9.79. The van der Waals surface area contributed by atoms with Crippen LogP contribution in [0.1, 0.15) is 89.5 Å². The summed E-state index contributed by atoms with van der Waals surface area (Å²) in [7, 11) is 0. The van der Waals surface area contributed by atoms with Crippen LogP contribution in [0.15, 0.2) is 103 Å². The number of hydrogen-bond acceptors (Lipinski definition) is 0. The molecule has 2 heteroatoms. The van der Waals surface area contributed by atoms with Crippen LogP contribution in [-0.2, 0) is 30.1 Å². The molecule has 1 saturated carbocycles. The van der Waals surface area contributed by atoms with E-state index in [-0.39, 0.29) is 10.8 Å². The molecule has 0 saturated heterocycles. The lowest BCUT2D eigenvalue weighted by Crippen LogP contribution is -2.20. The minimum atomic E-state index is 0.131. The van der Waals surface area contributed by atoms with Gasteiger partial charge in [-0.3, -0.25) is 0 Å². The van der Waals surface area contributed by atoms with Crippen molar-refractivity contribution in [1.82, 2.24) is 4.57 Å². The highest BCUT2D eigenvalue weighted by Gasteiger charge is 2.73. The molecule has 4 aromatic carbocycles. The topological polar surface area (TPSA) is 4.93 Å². The van der Waals surface area contributed by atoms with Gasteiger partial charge in [0.2, 0.25) is 0 Å². The van der Waals surface area contributed by atoms with Crippen molar-refractivity contribution in [3.63, 3.8) is 0 Å². The summed E-state index contributed by atoms with van der Waals surface area (Å²) < 4.78 is 2.68. The van der Waals surface area contributed by atoms with Gasteiger partial charge in [0.25, 0.3) is 0 Å². The van der Waals surface area contributed by atoms with Crippen molar-refractivity contribution in [3.05, 3.63) is 164 Å². The Balaban J connectivity index is 1.11. The van der Waals surface area contributed by atoms with Crippen molar-refractivity contribution in [2.75, 3.05) is 0 Å². The lowest BCUT2D eigenvalue weighted by molar-refractivity contribution is 0.448. The molecule has 1 fully saturated rings. The van der Waals surface area contributed by atoms with Gasteiger partial charge in [0, 0.05) is 44.0 Å². The molecular weight excluding hydrogens is 638 g/mol. The van der Waals surface area contributed by atoms with Crippen molar-refractivity contribution in [3.8, 4) is 5.69 Å². The monoisotopic (exact) mass is 679 g/mol. The van der Waals surface area contributed by atoms with E-state index in [0.717, 1.165) is 42.5 Å². The van der Waals surface area contributed by atoms with E-state index in [1.165, 1.54) is 67.0 Å². The zero-order chi connectivity index (χ0) is 34.2. The number of allylic oxidation sites excluding steroid dienone is 7. The predicted molar refractivity (Wildman–Crippen MR) is 215 cm³/mol. The highest BCUT2D eigenvalue weighted by Crippen LogP contribution is 2.75. The van der Waals surface area contributed by atoms with Crippen molar-refractivity contribution in [1.29, 1.82) is 0 Å². The quantitative estimate of drug-likeness (QED) is 0.179. The van der Waals surface area contributed by atoms with Crippen molar-refractivity contribution >= 4 is 51.7 Å². The van der Waals surface area contributed by atoms with Crippen molar-refractivity contribution in [2.24, 2.45) is 17.8 Å². The summed E-state index contributed by atoms with van der Waals surface area (Å²) in [5.41, 5.74) is 18.9. The Kier molecular flexibility index (Phi) is 6.18. The first-order chi connectivity index (χ1) is 24.8. The van der Waals surface area contributed by atoms with Gasteiger partial charge < -0.3 is 4.57 Å². The van der Waals surface area contributed by atoms with Crippen LogP contribution in [0, 0.1) is 17.8 Å². The Hall–Kier alpha value is -4.59. The third-order valence-corrected chi connectivity index (χ3v) is 14.0. The van der Waals surface area contributed by atoms with Gasteiger partial charge in [-0.25, -0.2) is 0 Å². The number of fused-ring (bicyclic) bond motifs is 7. The molecule has 6 aliphatic carbocycles. The molecule has 11 rings (SSSR count). The summed E-state index contributed by atoms with van der Waals surface area (Å²) in [5.74, 6) is 1.70. The maximum atomic E-state index is 6.71. The van der Waals surface area contributed by atoms with E-state index in [0.29, 0.717) is 17.8 Å². The molecule has 0 N–H and O–H groups in total. The summed E-state index contributed by atoms with van der Waals surface area (Å²) in [4.78, 5) is 0. The largest absolute Gasteiger partial charge is 0.317 e. The third kappa shape index (κ3) is 4.05. The molecule has 0 aliphatic heterocycles. The molecule has 5 aromatic rings. The molecule has 0 bridgehead atoms. The predicted octanol–water partition coefficient (Wildman–Crippen LogP) is 12.4. The Morgan fingerprint density at radius 3 is 2.57 bits per heavy atom. The molecule has 4 atom stereocenters. The van der Waals surface area contributed by atoms with Gasteiger partial charge in [-0.2, -0.15) is 0 Å². The van der Waals surface area contributed by atoms with Gasteiger partial charge in [0.05, 0.1) is 0 Å². The Morgan fingerprint density at radius 2 is 1.67 bits per heavy atom. The van der Waals surface area contributed by atoms with Crippen LogP contribution in [0.25, 0.3) is 45.8 Å². The summed E-state index contributed by atoms with van der Waals surface area (Å²) in [5, 5.41) is 3.19. The molecule has 1 nitrogen and oxygen atoms in total. The number of halogens is 1. The second kappa shape index (κ2) is 10.5. The van der Waals surface area contributed by atoms with Gasteiger partial charge >= 0.3 is 0 Å². The molecule has 51 heavy (non-hydrogen) atoms. The van der Waals surface area contributed by atoms with E-state index in [2.05, 4.69) is 147 Å². The Labute approximate surface area is 306 Å². The molecule has 0 radical (unpaired) electrons. The fraction of sp³-hybridized carbons (Fsp3) is 0.265. The lowest BCUT2D eigenvalue weighted by Gasteiger charge is -2.27. The molecule has 250 valence electrons. The van der Waals surface area contributed by atoms with Crippen LogP contribution in [0.4, 0.5) is 0 Å². The second-order valence-electron chi connectivity index (χ2n) is 16.6. The number of benzene rings is 4. The first-order valence-corrected chi connectivity index (χ1v) is 19.4. The highest BCUT2D eigenvalue weighted by atomic mass is 35.5. The Bertz CT molecular complexity index is 2530. The van der Waals surface area contributed by atoms with Crippen LogP contribution in [0.5, 0.6) is 0 Å². The number of rotatable bonds is 3. The summed E-state index contributed by atoms with van der Waals surface area (Å²) in [6.07, 6.45) is 24.6. The van der Waals surface area contributed by atoms with Gasteiger partial charge in [0.15, 0.2) is 0 Å². The summed E-state index contributed by atoms with van der Waals surface area (Å²) in [6, 6.07) is 27.6. The molecule has 6 aliphatic rings. The smallest absolute Gasteiger partial charge is 0.0484 e. The number of hydrogen-bond donors (Lipinski definition) is 0. The molecule has 1 spiro atoms. The van der Waals surface area contributed by atoms with Gasteiger partial charge in [-0.05, 0) is 142 Å². The van der Waals surface area contributed by atoms with Crippen LogP contribution >= 0.6 is 11.6 Å². The van der Waals surface area contributed by atoms with E-state index < -0.39 is 0 Å². The van der Waals surface area contributed by atoms with E-state index in [1.54, 1.807) is 11.1 Å². The van der Waals surface area contributed by atoms with Crippen LogP contribution in [0.2, 0.25) is 5.02 Å². The fourth-order valence-corrected chi connectivity index (χ4v) is 11.5. The van der Waals surface area contributed by atoms with Crippen molar-refractivity contribution < 1.29 is 0 Å².